The van der Waals surface area contributed by atoms with Crippen LogP contribution in [0.3, 0.4) is 0 Å². The first-order valence-corrected chi connectivity index (χ1v) is 7.32. The average Bonchev–Trinajstić information content (AvgIpc) is 2.45. The van der Waals surface area contributed by atoms with Gasteiger partial charge in [-0.2, -0.15) is 0 Å². The fourth-order valence-corrected chi connectivity index (χ4v) is 1.75. The first-order valence-electron chi connectivity index (χ1n) is 7.32. The van der Waals surface area contributed by atoms with Gasteiger partial charge in [0.25, 0.3) is 0 Å². The maximum Gasteiger partial charge on any atom is 0.307 e. The number of guanidine groups is 1. The molecule has 0 aromatic heterocycles. The van der Waals surface area contributed by atoms with Crippen LogP contribution in [0, 0.1) is 0 Å². The minimum Gasteiger partial charge on any atom is -0.469 e. The number of nitrogens with one attached hydrogen (secondary N) is 1. The highest BCUT2D eigenvalue weighted by atomic mass is 127. The molecule has 0 aromatic carbocycles. The molecule has 0 spiro atoms. The summed E-state index contributed by atoms with van der Waals surface area (Å²) in [6, 6.07) is 0. The number of aliphatic imine (C=N–C) groups is 1. The fourth-order valence-electron chi connectivity index (χ4n) is 1.75. The summed E-state index contributed by atoms with van der Waals surface area (Å²) in [5.74, 6) is 0.622. The van der Waals surface area contributed by atoms with Crippen LogP contribution in [-0.2, 0) is 9.53 Å². The van der Waals surface area contributed by atoms with E-state index in [9.17, 15) is 4.79 Å². The van der Waals surface area contributed by atoms with Crippen LogP contribution in [0.4, 0.5) is 0 Å². The molecule has 21 heavy (non-hydrogen) atoms. The van der Waals surface area contributed by atoms with Crippen LogP contribution in [-0.4, -0.2) is 50.6 Å². The van der Waals surface area contributed by atoms with Gasteiger partial charge in [-0.1, -0.05) is 12.5 Å². The number of hydrogen-bond acceptors (Lipinski definition) is 3. The van der Waals surface area contributed by atoms with Crippen LogP contribution in [0.15, 0.2) is 17.6 Å². The number of hydrogen-bond donors (Lipinski definition) is 1. The molecule has 6 heteroatoms. The lowest BCUT2D eigenvalue weighted by Gasteiger charge is -2.22. The van der Waals surface area contributed by atoms with Crippen LogP contribution in [0.25, 0.3) is 0 Å². The summed E-state index contributed by atoms with van der Waals surface area (Å²) in [5.41, 5.74) is 0. The van der Waals surface area contributed by atoms with Crippen LogP contribution in [0.1, 0.15) is 39.0 Å². The Balaban J connectivity index is 0. The number of nitrogens with zero attached hydrogens (tertiary/aromatic N) is 2. The molecule has 124 valence electrons. The quantitative estimate of drug-likeness (QED) is 0.150. The number of esters is 1. The first-order chi connectivity index (χ1) is 9.65. The Morgan fingerprint density at radius 2 is 2.10 bits per heavy atom. The molecule has 0 unspecified atom stereocenters. The molecule has 0 aliphatic carbocycles. The molecule has 0 amide bonds. The third-order valence-corrected chi connectivity index (χ3v) is 2.90. The van der Waals surface area contributed by atoms with Crippen molar-refractivity contribution in [3.63, 3.8) is 0 Å². The SMILES string of the molecule is C=CCCCCCN(C)C(=NCCC(=O)OC)NCC.I. The zero-order valence-electron chi connectivity index (χ0n) is 13.6. The number of ether oxygens (including phenoxy) is 1. The van der Waals surface area contributed by atoms with E-state index < -0.39 is 0 Å². The van der Waals surface area contributed by atoms with Crippen molar-refractivity contribution in [3.05, 3.63) is 12.7 Å². The molecule has 0 rings (SSSR count). The minimum atomic E-state index is -0.225. The van der Waals surface area contributed by atoms with Gasteiger partial charge in [0.2, 0.25) is 0 Å². The van der Waals surface area contributed by atoms with Gasteiger partial charge in [-0.3, -0.25) is 9.79 Å². The molecule has 0 radical (unpaired) electrons. The van der Waals surface area contributed by atoms with Gasteiger partial charge in [0, 0.05) is 20.1 Å². The largest absolute Gasteiger partial charge is 0.469 e. The smallest absolute Gasteiger partial charge is 0.307 e. The molecule has 0 fully saturated rings. The maximum atomic E-state index is 11.1. The number of carbonyl (C=O) groups excluding carboxylic acids is 1. The van der Waals surface area contributed by atoms with Gasteiger partial charge < -0.3 is 15.0 Å². The lowest BCUT2D eigenvalue weighted by Crippen LogP contribution is -2.39. The molecule has 0 aliphatic rings. The molecule has 0 atom stereocenters. The van der Waals surface area contributed by atoms with Crippen molar-refractivity contribution in [2.24, 2.45) is 4.99 Å². The third kappa shape index (κ3) is 12.6. The molecule has 5 nitrogen and oxygen atoms in total. The second-order valence-corrected chi connectivity index (χ2v) is 4.62. The molecule has 0 aliphatic heterocycles. The van der Waals surface area contributed by atoms with Crippen molar-refractivity contribution in [2.45, 2.75) is 39.0 Å². The molecule has 0 saturated heterocycles. The summed E-state index contributed by atoms with van der Waals surface area (Å²) in [5, 5.41) is 3.23. The summed E-state index contributed by atoms with van der Waals surface area (Å²) in [4.78, 5) is 17.6. The van der Waals surface area contributed by atoms with E-state index in [0.717, 1.165) is 31.9 Å². The number of halogens is 1. The van der Waals surface area contributed by atoms with Gasteiger partial charge in [-0.25, -0.2) is 0 Å². The predicted molar refractivity (Wildman–Crippen MR) is 99.3 cm³/mol. The van der Waals surface area contributed by atoms with E-state index in [1.165, 1.54) is 20.0 Å². The number of carbonyl (C=O) groups is 1. The van der Waals surface area contributed by atoms with Gasteiger partial charge in [-0.15, -0.1) is 30.6 Å². The highest BCUT2D eigenvalue weighted by Gasteiger charge is 2.05. The average molecular weight is 411 g/mol. The van der Waals surface area contributed by atoms with Crippen molar-refractivity contribution >= 4 is 35.9 Å². The van der Waals surface area contributed by atoms with Crippen molar-refractivity contribution in [1.82, 2.24) is 10.2 Å². The molecule has 1 N–H and O–H groups in total. The van der Waals surface area contributed by atoms with Crippen molar-refractivity contribution in [1.29, 1.82) is 0 Å². The van der Waals surface area contributed by atoms with Crippen molar-refractivity contribution in [3.8, 4) is 0 Å². The van der Waals surface area contributed by atoms with E-state index in [4.69, 9.17) is 0 Å². The Hall–Kier alpha value is -0.790. The van der Waals surface area contributed by atoms with Gasteiger partial charge in [0.15, 0.2) is 5.96 Å². The zero-order chi connectivity index (χ0) is 15.2. The Morgan fingerprint density at radius 1 is 1.38 bits per heavy atom. The van der Waals surface area contributed by atoms with Crippen LogP contribution < -0.4 is 5.32 Å². The molecule has 0 bridgehead atoms. The summed E-state index contributed by atoms with van der Waals surface area (Å²) >= 11 is 0. The lowest BCUT2D eigenvalue weighted by molar-refractivity contribution is -0.140. The monoisotopic (exact) mass is 411 g/mol. The van der Waals surface area contributed by atoms with E-state index >= 15 is 0 Å². The van der Waals surface area contributed by atoms with Crippen LogP contribution in [0.2, 0.25) is 0 Å². The molecular weight excluding hydrogens is 381 g/mol. The normalized spacial score (nSPS) is 10.5. The number of methoxy groups -OCH3 is 1. The summed E-state index contributed by atoms with van der Waals surface area (Å²) < 4.78 is 4.60. The van der Waals surface area contributed by atoms with Gasteiger partial charge >= 0.3 is 5.97 Å². The van der Waals surface area contributed by atoms with Crippen LogP contribution in [0.5, 0.6) is 0 Å². The lowest BCUT2D eigenvalue weighted by atomic mass is 10.2. The third-order valence-electron chi connectivity index (χ3n) is 2.90. The standard InChI is InChI=1S/C15H29N3O2.HI/c1-5-7-8-9-10-13-18(3)15(16-6-2)17-12-11-14(19)20-4;/h5H,1,6-13H2,2-4H3,(H,16,17);1H. The topological polar surface area (TPSA) is 53.9 Å². The summed E-state index contributed by atoms with van der Waals surface area (Å²) in [6.45, 7) is 7.99. The maximum absolute atomic E-state index is 11.1. The highest BCUT2D eigenvalue weighted by Crippen LogP contribution is 2.01. The number of unbranched alkanes of at least 4 members (excludes halogenated alkanes) is 3. The highest BCUT2D eigenvalue weighted by molar-refractivity contribution is 14.0. The minimum absolute atomic E-state index is 0. The Labute approximate surface area is 146 Å². The second-order valence-electron chi connectivity index (χ2n) is 4.62. The first kappa shape index (κ1) is 22.5. The molecule has 0 aromatic rings. The zero-order valence-corrected chi connectivity index (χ0v) is 15.9. The number of rotatable bonds is 10. The van der Waals surface area contributed by atoms with Gasteiger partial charge in [0.05, 0.1) is 20.1 Å². The Kier molecular flexibility index (Phi) is 16.7. The van der Waals surface area contributed by atoms with Crippen molar-refractivity contribution < 1.29 is 9.53 Å². The van der Waals surface area contributed by atoms with Crippen LogP contribution >= 0.6 is 24.0 Å². The predicted octanol–water partition coefficient (Wildman–Crippen LogP) is 2.81. The second kappa shape index (κ2) is 15.6. The van der Waals surface area contributed by atoms with Gasteiger partial charge in [-0.05, 0) is 26.2 Å². The fraction of sp³-hybridized carbons (Fsp3) is 0.733. The van der Waals surface area contributed by atoms with Gasteiger partial charge in [0.1, 0.15) is 0 Å². The molecule has 0 saturated carbocycles. The summed E-state index contributed by atoms with van der Waals surface area (Å²) in [6.07, 6.45) is 6.87. The Bertz CT molecular complexity index is 309. The molecule has 0 heterocycles. The molecular formula is C15H30IN3O2. The number of allylic oxidation sites excluding steroid dienone is 1. The van der Waals surface area contributed by atoms with E-state index in [1.54, 1.807) is 0 Å². The van der Waals surface area contributed by atoms with Crippen molar-refractivity contribution in [2.75, 3.05) is 33.8 Å². The van der Waals surface area contributed by atoms with E-state index in [0.29, 0.717) is 13.0 Å². The van der Waals surface area contributed by atoms with E-state index in [-0.39, 0.29) is 29.9 Å². The summed E-state index contributed by atoms with van der Waals surface area (Å²) in [7, 11) is 3.42. The van der Waals surface area contributed by atoms with E-state index in [1.807, 2.05) is 20.0 Å². The Morgan fingerprint density at radius 3 is 2.67 bits per heavy atom. The van der Waals surface area contributed by atoms with E-state index in [2.05, 4.69) is 26.5 Å².